The Bertz CT molecular complexity index is 499. The molecule has 0 saturated carbocycles. The van der Waals surface area contributed by atoms with Crippen molar-refractivity contribution in [2.75, 3.05) is 38.2 Å². The standard InChI is InChI=1S/C14H17N3O2/c15-7-3-5-12-4-1-2-6-13(12)16-14(18)17-8-10-19-11-9-17/h1-2,4,6H,7-11,15H2,(H,16,18). The molecule has 0 aromatic heterocycles. The normalized spacial score (nSPS) is 14.5. The number of anilines is 1. The Hall–Kier alpha value is -2.03. The van der Waals surface area contributed by atoms with Gasteiger partial charge >= 0.3 is 6.03 Å². The fourth-order valence-electron chi connectivity index (χ4n) is 1.81. The summed E-state index contributed by atoms with van der Waals surface area (Å²) in [7, 11) is 0. The molecule has 1 saturated heterocycles. The third-order valence-corrected chi connectivity index (χ3v) is 2.79. The van der Waals surface area contributed by atoms with Gasteiger partial charge in [0.25, 0.3) is 0 Å². The topological polar surface area (TPSA) is 67.6 Å². The summed E-state index contributed by atoms with van der Waals surface area (Å²) in [5.41, 5.74) is 6.84. The van der Waals surface area contributed by atoms with Gasteiger partial charge in [-0.15, -0.1) is 0 Å². The molecule has 1 aromatic carbocycles. The average molecular weight is 259 g/mol. The van der Waals surface area contributed by atoms with Crippen molar-refractivity contribution in [2.24, 2.45) is 5.73 Å². The van der Waals surface area contributed by atoms with Gasteiger partial charge in [-0.1, -0.05) is 24.0 Å². The maximum Gasteiger partial charge on any atom is 0.322 e. The lowest BCUT2D eigenvalue weighted by atomic mass is 10.2. The van der Waals surface area contributed by atoms with Crippen LogP contribution in [0.25, 0.3) is 0 Å². The lowest BCUT2D eigenvalue weighted by Crippen LogP contribution is -2.43. The summed E-state index contributed by atoms with van der Waals surface area (Å²) in [5.74, 6) is 5.74. The predicted octanol–water partition coefficient (Wildman–Crippen LogP) is 0.861. The van der Waals surface area contributed by atoms with Gasteiger partial charge in [0.15, 0.2) is 0 Å². The van der Waals surface area contributed by atoms with E-state index in [-0.39, 0.29) is 6.03 Å². The fourth-order valence-corrected chi connectivity index (χ4v) is 1.81. The van der Waals surface area contributed by atoms with Crippen molar-refractivity contribution < 1.29 is 9.53 Å². The fraction of sp³-hybridized carbons (Fsp3) is 0.357. The van der Waals surface area contributed by atoms with E-state index in [0.29, 0.717) is 38.5 Å². The molecule has 5 nitrogen and oxygen atoms in total. The summed E-state index contributed by atoms with van der Waals surface area (Å²) >= 11 is 0. The first-order valence-corrected chi connectivity index (χ1v) is 6.23. The van der Waals surface area contributed by atoms with E-state index >= 15 is 0 Å². The number of nitrogens with one attached hydrogen (secondary N) is 1. The molecule has 0 aliphatic carbocycles. The number of carbonyl (C=O) groups excluding carboxylic acids is 1. The van der Waals surface area contributed by atoms with Crippen LogP contribution in [0.2, 0.25) is 0 Å². The number of amides is 2. The van der Waals surface area contributed by atoms with E-state index in [1.165, 1.54) is 0 Å². The quantitative estimate of drug-likeness (QED) is 0.735. The molecule has 1 aliphatic heterocycles. The molecule has 1 heterocycles. The average Bonchev–Trinajstić information content (AvgIpc) is 2.47. The van der Waals surface area contributed by atoms with Gasteiger partial charge in [0.05, 0.1) is 25.4 Å². The van der Waals surface area contributed by atoms with Gasteiger partial charge in [-0.05, 0) is 12.1 Å². The summed E-state index contributed by atoms with van der Waals surface area (Å²) in [6.07, 6.45) is 0. The van der Waals surface area contributed by atoms with Gasteiger partial charge in [0.1, 0.15) is 0 Å². The van der Waals surface area contributed by atoms with Crippen LogP contribution in [-0.4, -0.2) is 43.8 Å². The van der Waals surface area contributed by atoms with E-state index in [2.05, 4.69) is 17.2 Å². The molecule has 0 atom stereocenters. The minimum Gasteiger partial charge on any atom is -0.378 e. The molecule has 100 valence electrons. The maximum absolute atomic E-state index is 12.1. The van der Waals surface area contributed by atoms with E-state index < -0.39 is 0 Å². The van der Waals surface area contributed by atoms with Gasteiger partial charge in [-0.25, -0.2) is 4.79 Å². The Kier molecular flexibility index (Phi) is 4.78. The number of urea groups is 1. The summed E-state index contributed by atoms with van der Waals surface area (Å²) in [6, 6.07) is 7.31. The summed E-state index contributed by atoms with van der Waals surface area (Å²) in [5, 5.41) is 2.88. The van der Waals surface area contributed by atoms with Gasteiger partial charge < -0.3 is 20.7 Å². The molecule has 3 N–H and O–H groups in total. The van der Waals surface area contributed by atoms with Crippen molar-refractivity contribution >= 4 is 11.7 Å². The number of benzene rings is 1. The lowest BCUT2D eigenvalue weighted by molar-refractivity contribution is 0.0564. The Balaban J connectivity index is 2.07. The molecule has 1 fully saturated rings. The number of para-hydroxylation sites is 1. The van der Waals surface area contributed by atoms with Crippen LogP contribution in [0.5, 0.6) is 0 Å². The second kappa shape index (κ2) is 6.78. The van der Waals surface area contributed by atoms with Crippen molar-refractivity contribution in [3.8, 4) is 11.8 Å². The summed E-state index contributed by atoms with van der Waals surface area (Å²) < 4.78 is 5.22. The summed E-state index contributed by atoms with van der Waals surface area (Å²) in [4.78, 5) is 13.8. The smallest absolute Gasteiger partial charge is 0.322 e. The monoisotopic (exact) mass is 259 g/mol. The molecule has 0 radical (unpaired) electrons. The highest BCUT2D eigenvalue weighted by molar-refractivity contribution is 5.91. The number of hydrogen-bond acceptors (Lipinski definition) is 3. The van der Waals surface area contributed by atoms with Crippen LogP contribution in [0.3, 0.4) is 0 Å². The highest BCUT2D eigenvalue weighted by atomic mass is 16.5. The van der Waals surface area contributed by atoms with Gasteiger partial charge in [-0.2, -0.15) is 0 Å². The highest BCUT2D eigenvalue weighted by Gasteiger charge is 2.17. The number of rotatable bonds is 1. The Morgan fingerprint density at radius 2 is 2.11 bits per heavy atom. The van der Waals surface area contributed by atoms with E-state index in [1.807, 2.05) is 24.3 Å². The molecule has 1 aliphatic rings. The highest BCUT2D eigenvalue weighted by Crippen LogP contribution is 2.14. The molecule has 1 aromatic rings. The maximum atomic E-state index is 12.1. The molecule has 0 unspecified atom stereocenters. The van der Waals surface area contributed by atoms with E-state index in [9.17, 15) is 4.79 Å². The van der Waals surface area contributed by atoms with Gasteiger partial charge in [-0.3, -0.25) is 0 Å². The van der Waals surface area contributed by atoms with Crippen molar-refractivity contribution in [1.82, 2.24) is 4.90 Å². The number of morpholine rings is 1. The Labute approximate surface area is 112 Å². The zero-order chi connectivity index (χ0) is 13.5. The Morgan fingerprint density at radius 1 is 1.37 bits per heavy atom. The van der Waals surface area contributed by atoms with Crippen LogP contribution in [-0.2, 0) is 4.74 Å². The third kappa shape index (κ3) is 3.71. The molecule has 2 rings (SSSR count). The molecular formula is C14H17N3O2. The van der Waals surface area contributed by atoms with Crippen LogP contribution in [0.1, 0.15) is 5.56 Å². The van der Waals surface area contributed by atoms with Crippen LogP contribution < -0.4 is 11.1 Å². The van der Waals surface area contributed by atoms with Crippen LogP contribution in [0.15, 0.2) is 24.3 Å². The number of hydrogen-bond donors (Lipinski definition) is 2. The first kappa shape index (κ1) is 13.4. The third-order valence-electron chi connectivity index (χ3n) is 2.79. The second-order valence-corrected chi connectivity index (χ2v) is 4.08. The van der Waals surface area contributed by atoms with Crippen LogP contribution in [0, 0.1) is 11.8 Å². The van der Waals surface area contributed by atoms with E-state index in [0.717, 1.165) is 5.56 Å². The van der Waals surface area contributed by atoms with Crippen LogP contribution in [0.4, 0.5) is 10.5 Å². The minimum atomic E-state index is -0.120. The van der Waals surface area contributed by atoms with Gasteiger partial charge in [0.2, 0.25) is 0 Å². The number of carbonyl (C=O) groups is 1. The lowest BCUT2D eigenvalue weighted by Gasteiger charge is -2.27. The number of ether oxygens (including phenoxy) is 1. The van der Waals surface area contributed by atoms with Crippen molar-refractivity contribution in [3.63, 3.8) is 0 Å². The van der Waals surface area contributed by atoms with E-state index in [4.69, 9.17) is 10.5 Å². The second-order valence-electron chi connectivity index (χ2n) is 4.08. The zero-order valence-electron chi connectivity index (χ0n) is 10.7. The molecule has 0 spiro atoms. The van der Waals surface area contributed by atoms with Crippen molar-refractivity contribution in [2.45, 2.75) is 0 Å². The largest absolute Gasteiger partial charge is 0.378 e. The molecule has 0 bridgehead atoms. The first-order valence-electron chi connectivity index (χ1n) is 6.23. The Morgan fingerprint density at radius 3 is 2.84 bits per heavy atom. The van der Waals surface area contributed by atoms with Crippen molar-refractivity contribution in [3.05, 3.63) is 29.8 Å². The minimum absolute atomic E-state index is 0.120. The SMILES string of the molecule is NCC#Cc1ccccc1NC(=O)N1CCOCC1. The first-order chi connectivity index (χ1) is 9.31. The molecule has 5 heteroatoms. The van der Waals surface area contributed by atoms with Crippen LogP contribution >= 0.6 is 0 Å². The predicted molar refractivity (Wildman–Crippen MR) is 73.8 cm³/mol. The summed E-state index contributed by atoms with van der Waals surface area (Å²) in [6.45, 7) is 2.70. The van der Waals surface area contributed by atoms with Gasteiger partial charge in [0, 0.05) is 18.7 Å². The number of nitrogens with two attached hydrogens (primary N) is 1. The van der Waals surface area contributed by atoms with E-state index in [1.54, 1.807) is 4.90 Å². The number of nitrogens with zero attached hydrogens (tertiary/aromatic N) is 1. The molecular weight excluding hydrogens is 242 g/mol. The molecule has 19 heavy (non-hydrogen) atoms. The zero-order valence-corrected chi connectivity index (χ0v) is 10.7. The van der Waals surface area contributed by atoms with Crippen molar-refractivity contribution in [1.29, 1.82) is 0 Å². The molecule has 2 amide bonds.